The average molecular weight is 288 g/mol. The van der Waals surface area contributed by atoms with Crippen LogP contribution in [-0.4, -0.2) is 42.0 Å². The molecule has 1 aromatic rings. The molecule has 6 heteroatoms. The van der Waals surface area contributed by atoms with Crippen LogP contribution in [0.25, 0.3) is 0 Å². The first-order valence-electron chi connectivity index (χ1n) is 5.97. The molecule has 1 aromatic carbocycles. The average Bonchev–Trinajstić information content (AvgIpc) is 2.38. The number of aryl methyl sites for hydroxylation is 1. The molecule has 0 saturated heterocycles. The molecular weight excluding hydrogens is 268 g/mol. The maximum Gasteiger partial charge on any atom is 0.296 e. The lowest BCUT2D eigenvalue weighted by atomic mass is 10.2. The highest BCUT2D eigenvalue weighted by Crippen LogP contribution is 2.14. The number of ether oxygens (including phenoxy) is 2. The third kappa shape index (κ3) is 5.28. The molecule has 0 aliphatic rings. The van der Waals surface area contributed by atoms with Gasteiger partial charge in [0.1, 0.15) is 0 Å². The van der Waals surface area contributed by atoms with E-state index in [1.54, 1.807) is 26.4 Å². The van der Waals surface area contributed by atoms with Crippen molar-refractivity contribution >= 4 is 10.1 Å². The summed E-state index contributed by atoms with van der Waals surface area (Å²) < 4.78 is 38.8. The van der Waals surface area contributed by atoms with Crippen molar-refractivity contribution in [3.63, 3.8) is 0 Å². The van der Waals surface area contributed by atoms with Crippen molar-refractivity contribution < 1.29 is 22.1 Å². The maximum absolute atomic E-state index is 11.9. The standard InChI is InChI=1S/C13H20O5S/c1-11-4-6-13(7-5-11)19(14,15)18-9-8-12(17-3)10-16-2/h4-7,12H,8-10H2,1-3H3. The Morgan fingerprint density at radius 1 is 1.16 bits per heavy atom. The Kier molecular flexibility index (Phi) is 6.44. The predicted octanol–water partition coefficient (Wildman–Crippen LogP) is 1.75. The smallest absolute Gasteiger partial charge is 0.296 e. The van der Waals surface area contributed by atoms with Gasteiger partial charge in [-0.1, -0.05) is 17.7 Å². The lowest BCUT2D eigenvalue weighted by molar-refractivity contribution is 0.0165. The van der Waals surface area contributed by atoms with Crippen molar-refractivity contribution in [1.29, 1.82) is 0 Å². The highest BCUT2D eigenvalue weighted by molar-refractivity contribution is 7.86. The van der Waals surface area contributed by atoms with E-state index in [-0.39, 0.29) is 17.6 Å². The Morgan fingerprint density at radius 2 is 1.79 bits per heavy atom. The van der Waals surface area contributed by atoms with E-state index in [4.69, 9.17) is 13.7 Å². The molecule has 1 unspecified atom stereocenters. The lowest BCUT2D eigenvalue weighted by Gasteiger charge is -2.14. The zero-order valence-electron chi connectivity index (χ0n) is 11.5. The van der Waals surface area contributed by atoms with E-state index in [0.717, 1.165) is 5.56 Å². The van der Waals surface area contributed by atoms with Crippen LogP contribution in [0.3, 0.4) is 0 Å². The van der Waals surface area contributed by atoms with Crippen molar-refractivity contribution in [3.05, 3.63) is 29.8 Å². The van der Waals surface area contributed by atoms with Crippen LogP contribution in [0.5, 0.6) is 0 Å². The minimum absolute atomic E-state index is 0.0675. The van der Waals surface area contributed by atoms with Crippen LogP contribution >= 0.6 is 0 Å². The fraction of sp³-hybridized carbons (Fsp3) is 0.538. The Hall–Kier alpha value is -0.950. The summed E-state index contributed by atoms with van der Waals surface area (Å²) in [6.45, 7) is 2.37. The molecule has 0 aliphatic heterocycles. The second-order valence-electron chi connectivity index (χ2n) is 4.19. The largest absolute Gasteiger partial charge is 0.382 e. The molecule has 0 bridgehead atoms. The monoisotopic (exact) mass is 288 g/mol. The van der Waals surface area contributed by atoms with E-state index < -0.39 is 10.1 Å². The zero-order chi connectivity index (χ0) is 14.3. The van der Waals surface area contributed by atoms with Crippen molar-refractivity contribution in [3.8, 4) is 0 Å². The Labute approximate surface area is 114 Å². The van der Waals surface area contributed by atoms with Gasteiger partial charge in [-0.05, 0) is 19.1 Å². The summed E-state index contributed by atoms with van der Waals surface area (Å²) in [6, 6.07) is 6.54. The molecular formula is C13H20O5S. The zero-order valence-corrected chi connectivity index (χ0v) is 12.3. The van der Waals surface area contributed by atoms with Gasteiger partial charge in [0.2, 0.25) is 0 Å². The van der Waals surface area contributed by atoms with Gasteiger partial charge in [-0.15, -0.1) is 0 Å². The van der Waals surface area contributed by atoms with Gasteiger partial charge in [0, 0.05) is 20.6 Å². The van der Waals surface area contributed by atoms with E-state index >= 15 is 0 Å². The maximum atomic E-state index is 11.9. The normalized spacial score (nSPS) is 13.4. The van der Waals surface area contributed by atoms with Crippen molar-refractivity contribution in [2.75, 3.05) is 27.4 Å². The lowest BCUT2D eigenvalue weighted by Crippen LogP contribution is -2.20. The van der Waals surface area contributed by atoms with E-state index in [2.05, 4.69) is 0 Å². The van der Waals surface area contributed by atoms with Crippen LogP contribution in [0.4, 0.5) is 0 Å². The van der Waals surface area contributed by atoms with Gasteiger partial charge in [0.15, 0.2) is 0 Å². The first kappa shape index (κ1) is 16.1. The Bertz CT molecular complexity index is 466. The molecule has 5 nitrogen and oxygen atoms in total. The van der Waals surface area contributed by atoms with Crippen LogP contribution in [0, 0.1) is 6.92 Å². The fourth-order valence-electron chi connectivity index (χ4n) is 1.52. The second-order valence-corrected chi connectivity index (χ2v) is 5.81. The topological polar surface area (TPSA) is 61.8 Å². The summed E-state index contributed by atoms with van der Waals surface area (Å²) in [6.07, 6.45) is 0.285. The molecule has 0 spiro atoms. The van der Waals surface area contributed by atoms with Crippen LogP contribution in [-0.2, 0) is 23.8 Å². The molecule has 0 amide bonds. The molecule has 1 rings (SSSR count). The summed E-state index contributed by atoms with van der Waals surface area (Å²) in [7, 11) is -0.573. The van der Waals surface area contributed by atoms with Crippen LogP contribution in [0.15, 0.2) is 29.2 Å². The molecule has 0 aromatic heterocycles. The van der Waals surface area contributed by atoms with Gasteiger partial charge in [-0.3, -0.25) is 4.18 Å². The quantitative estimate of drug-likeness (QED) is 0.682. The highest BCUT2D eigenvalue weighted by Gasteiger charge is 2.16. The third-order valence-corrected chi connectivity index (χ3v) is 4.00. The SMILES string of the molecule is COCC(CCOS(=O)(=O)c1ccc(C)cc1)OC. The summed E-state index contributed by atoms with van der Waals surface area (Å²) in [5.41, 5.74) is 0.999. The van der Waals surface area contributed by atoms with E-state index in [0.29, 0.717) is 13.0 Å². The molecule has 0 saturated carbocycles. The molecule has 0 radical (unpaired) electrons. The summed E-state index contributed by atoms with van der Waals surface area (Å²) in [4.78, 5) is 0.166. The summed E-state index contributed by atoms with van der Waals surface area (Å²) in [5.74, 6) is 0. The third-order valence-electron chi connectivity index (χ3n) is 2.67. The Morgan fingerprint density at radius 3 is 2.32 bits per heavy atom. The fourth-order valence-corrected chi connectivity index (χ4v) is 2.44. The highest BCUT2D eigenvalue weighted by atomic mass is 32.2. The van der Waals surface area contributed by atoms with Crippen LogP contribution < -0.4 is 0 Å². The molecule has 19 heavy (non-hydrogen) atoms. The molecule has 1 atom stereocenters. The van der Waals surface area contributed by atoms with Crippen molar-refractivity contribution in [2.45, 2.75) is 24.3 Å². The van der Waals surface area contributed by atoms with E-state index in [9.17, 15) is 8.42 Å². The van der Waals surface area contributed by atoms with E-state index in [1.165, 1.54) is 12.1 Å². The first-order chi connectivity index (χ1) is 8.99. The van der Waals surface area contributed by atoms with Gasteiger partial charge < -0.3 is 9.47 Å². The molecule has 0 fully saturated rings. The van der Waals surface area contributed by atoms with Gasteiger partial charge in [0.05, 0.1) is 24.2 Å². The minimum Gasteiger partial charge on any atom is -0.382 e. The second kappa shape index (κ2) is 7.59. The van der Waals surface area contributed by atoms with Gasteiger partial charge in [-0.2, -0.15) is 8.42 Å². The molecule has 0 heterocycles. The number of rotatable bonds is 8. The van der Waals surface area contributed by atoms with Crippen molar-refractivity contribution in [1.82, 2.24) is 0 Å². The molecule has 0 aliphatic carbocycles. The molecule has 0 N–H and O–H groups in total. The number of hydrogen-bond acceptors (Lipinski definition) is 5. The number of methoxy groups -OCH3 is 2. The number of hydrogen-bond donors (Lipinski definition) is 0. The van der Waals surface area contributed by atoms with Crippen molar-refractivity contribution in [2.24, 2.45) is 0 Å². The molecule has 108 valence electrons. The van der Waals surface area contributed by atoms with Crippen LogP contribution in [0.2, 0.25) is 0 Å². The minimum atomic E-state index is -3.69. The van der Waals surface area contributed by atoms with Gasteiger partial charge in [-0.25, -0.2) is 0 Å². The van der Waals surface area contributed by atoms with Gasteiger partial charge in [0.25, 0.3) is 10.1 Å². The number of benzene rings is 1. The first-order valence-corrected chi connectivity index (χ1v) is 7.38. The Balaban J connectivity index is 2.54. The van der Waals surface area contributed by atoms with E-state index in [1.807, 2.05) is 6.92 Å². The summed E-state index contributed by atoms with van der Waals surface area (Å²) >= 11 is 0. The van der Waals surface area contributed by atoms with Crippen LogP contribution in [0.1, 0.15) is 12.0 Å². The summed E-state index contributed by atoms with van der Waals surface area (Å²) in [5, 5.41) is 0. The van der Waals surface area contributed by atoms with Gasteiger partial charge >= 0.3 is 0 Å². The predicted molar refractivity (Wildman–Crippen MR) is 71.6 cm³/mol.